The third kappa shape index (κ3) is 2.29. The molecule has 2 aromatic rings. The second-order valence-corrected chi connectivity index (χ2v) is 4.88. The molecule has 0 aliphatic rings. The topological polar surface area (TPSA) is 37.8 Å². The van der Waals surface area contributed by atoms with Gasteiger partial charge in [-0.3, -0.25) is 14.6 Å². The Morgan fingerprint density at radius 1 is 1.29 bits per heavy atom. The van der Waals surface area contributed by atoms with Crippen LogP contribution in [0.2, 0.25) is 5.02 Å². The van der Waals surface area contributed by atoms with Crippen molar-refractivity contribution in [2.75, 3.05) is 0 Å². The number of benzene rings is 1. The first-order valence-corrected chi connectivity index (χ1v) is 5.95. The van der Waals surface area contributed by atoms with Gasteiger partial charge in [0.2, 0.25) is 0 Å². The van der Waals surface area contributed by atoms with Crippen LogP contribution in [0.15, 0.2) is 29.1 Å². The van der Waals surface area contributed by atoms with Crippen molar-refractivity contribution >= 4 is 11.6 Å². The van der Waals surface area contributed by atoms with Crippen molar-refractivity contribution in [3.63, 3.8) is 0 Å². The zero-order valence-electron chi connectivity index (χ0n) is 10.1. The largest absolute Gasteiger partial charge is 0.268 e. The van der Waals surface area contributed by atoms with Gasteiger partial charge in [0.05, 0.1) is 5.69 Å². The fourth-order valence-electron chi connectivity index (χ4n) is 1.77. The molecule has 3 nitrogen and oxygen atoms in total. The minimum Gasteiger partial charge on any atom is -0.268 e. The van der Waals surface area contributed by atoms with Crippen molar-refractivity contribution in [2.24, 2.45) is 0 Å². The Bertz CT molecular complexity index is 596. The molecule has 0 bridgehead atoms. The maximum Gasteiger partial charge on any atom is 0.264 e. The fourth-order valence-corrected chi connectivity index (χ4v) is 1.94. The molecule has 0 spiro atoms. The first-order chi connectivity index (χ1) is 7.99. The third-order valence-corrected chi connectivity index (χ3v) is 3.17. The van der Waals surface area contributed by atoms with Crippen molar-refractivity contribution in [3.8, 4) is 5.69 Å². The zero-order chi connectivity index (χ0) is 12.6. The van der Waals surface area contributed by atoms with Crippen LogP contribution in [-0.4, -0.2) is 9.78 Å². The number of hydrogen-bond acceptors (Lipinski definition) is 1. The molecule has 1 N–H and O–H groups in total. The summed E-state index contributed by atoms with van der Waals surface area (Å²) in [5.74, 6) is 0.272. The monoisotopic (exact) mass is 250 g/mol. The number of halogens is 1. The maximum absolute atomic E-state index is 11.4. The van der Waals surface area contributed by atoms with Crippen molar-refractivity contribution in [3.05, 3.63) is 50.9 Å². The van der Waals surface area contributed by atoms with E-state index in [1.165, 1.54) is 0 Å². The summed E-state index contributed by atoms with van der Waals surface area (Å²) in [5, 5.41) is 3.49. The molecule has 0 radical (unpaired) electrons. The van der Waals surface area contributed by atoms with E-state index < -0.39 is 0 Å². The van der Waals surface area contributed by atoms with Gasteiger partial charge in [0, 0.05) is 16.8 Å². The molecule has 0 saturated heterocycles. The second kappa shape index (κ2) is 4.41. The van der Waals surface area contributed by atoms with Crippen LogP contribution < -0.4 is 5.56 Å². The predicted octanol–water partition coefficient (Wildman–Crippen LogP) is 3.25. The van der Waals surface area contributed by atoms with Crippen molar-refractivity contribution < 1.29 is 0 Å². The summed E-state index contributed by atoms with van der Waals surface area (Å²) in [6.07, 6.45) is 0. The van der Waals surface area contributed by atoms with Gasteiger partial charge in [-0.05, 0) is 30.5 Å². The zero-order valence-corrected chi connectivity index (χ0v) is 10.9. The lowest BCUT2D eigenvalue weighted by Crippen LogP contribution is -2.06. The van der Waals surface area contributed by atoms with Crippen LogP contribution in [0.4, 0.5) is 0 Å². The van der Waals surface area contributed by atoms with Crippen LogP contribution in [0.5, 0.6) is 0 Å². The summed E-state index contributed by atoms with van der Waals surface area (Å²) in [4.78, 5) is 11.4. The number of hydrogen-bond donors (Lipinski definition) is 1. The molecule has 0 fully saturated rings. The van der Waals surface area contributed by atoms with E-state index in [4.69, 9.17) is 11.6 Å². The second-order valence-electron chi connectivity index (χ2n) is 4.47. The molecule has 0 saturated carbocycles. The fraction of sp³-hybridized carbons (Fsp3) is 0.308. The van der Waals surface area contributed by atoms with Crippen LogP contribution in [0.1, 0.15) is 31.0 Å². The van der Waals surface area contributed by atoms with Gasteiger partial charge in [-0.2, -0.15) is 0 Å². The van der Waals surface area contributed by atoms with Gasteiger partial charge in [-0.25, -0.2) is 0 Å². The Morgan fingerprint density at radius 2 is 2.00 bits per heavy atom. The van der Waals surface area contributed by atoms with Gasteiger partial charge in [0.25, 0.3) is 5.56 Å². The quantitative estimate of drug-likeness (QED) is 0.873. The highest BCUT2D eigenvalue weighted by molar-refractivity contribution is 6.31. The average Bonchev–Trinajstić information content (AvgIpc) is 2.64. The van der Waals surface area contributed by atoms with Crippen molar-refractivity contribution in [2.45, 2.75) is 26.7 Å². The van der Waals surface area contributed by atoms with Crippen LogP contribution in [0.3, 0.4) is 0 Å². The minimum atomic E-state index is -0.0922. The Kier molecular flexibility index (Phi) is 3.11. The van der Waals surface area contributed by atoms with E-state index in [0.717, 1.165) is 16.9 Å². The Morgan fingerprint density at radius 3 is 2.59 bits per heavy atom. The molecule has 2 rings (SSSR count). The van der Waals surface area contributed by atoms with Crippen LogP contribution in [-0.2, 0) is 0 Å². The molecule has 0 atom stereocenters. The van der Waals surface area contributed by atoms with Crippen molar-refractivity contribution in [1.82, 2.24) is 9.78 Å². The average molecular weight is 251 g/mol. The van der Waals surface area contributed by atoms with Crippen LogP contribution in [0, 0.1) is 6.92 Å². The lowest BCUT2D eigenvalue weighted by Gasteiger charge is -2.11. The lowest BCUT2D eigenvalue weighted by molar-refractivity contribution is 0.731. The van der Waals surface area contributed by atoms with E-state index in [0.29, 0.717) is 5.02 Å². The highest BCUT2D eigenvalue weighted by Crippen LogP contribution is 2.22. The molecule has 0 amide bonds. The number of aromatic amines is 1. The molecule has 0 aliphatic heterocycles. The van der Waals surface area contributed by atoms with Crippen molar-refractivity contribution in [1.29, 1.82) is 0 Å². The summed E-state index contributed by atoms with van der Waals surface area (Å²) in [7, 11) is 0. The van der Waals surface area contributed by atoms with E-state index >= 15 is 0 Å². The molecule has 4 heteroatoms. The normalized spacial score (nSPS) is 11.1. The van der Waals surface area contributed by atoms with Gasteiger partial charge >= 0.3 is 0 Å². The molecule has 1 heterocycles. The maximum atomic E-state index is 11.4. The molecule has 1 aromatic heterocycles. The predicted molar refractivity (Wildman–Crippen MR) is 70.2 cm³/mol. The summed E-state index contributed by atoms with van der Waals surface area (Å²) in [5.41, 5.74) is 2.77. The Labute approximate surface area is 105 Å². The summed E-state index contributed by atoms with van der Waals surface area (Å²) in [6, 6.07) is 7.38. The number of rotatable bonds is 2. The molecule has 17 heavy (non-hydrogen) atoms. The first-order valence-electron chi connectivity index (χ1n) is 5.57. The lowest BCUT2D eigenvalue weighted by atomic mass is 10.1. The van der Waals surface area contributed by atoms with E-state index in [2.05, 4.69) is 18.9 Å². The number of aromatic nitrogens is 2. The van der Waals surface area contributed by atoms with Gasteiger partial charge < -0.3 is 0 Å². The standard InChI is InChI=1S/C13H15ClN2O/c1-8(2)12-7-13(17)15-16(12)10-5-4-9(3)11(14)6-10/h4-8H,1-3H3,(H,15,17). The SMILES string of the molecule is Cc1ccc(-n2[nH]c(=O)cc2C(C)C)cc1Cl. The smallest absolute Gasteiger partial charge is 0.264 e. The van der Waals surface area contributed by atoms with Crippen LogP contribution >= 0.6 is 11.6 Å². The molecular weight excluding hydrogens is 236 g/mol. The van der Waals surface area contributed by atoms with E-state index in [9.17, 15) is 4.79 Å². The minimum absolute atomic E-state index is 0.0922. The third-order valence-electron chi connectivity index (χ3n) is 2.76. The number of nitrogens with zero attached hydrogens (tertiary/aromatic N) is 1. The van der Waals surface area contributed by atoms with Crippen LogP contribution in [0.25, 0.3) is 5.69 Å². The van der Waals surface area contributed by atoms with E-state index in [1.54, 1.807) is 10.7 Å². The molecule has 90 valence electrons. The Balaban J connectivity index is 2.59. The Hall–Kier alpha value is -1.48. The summed E-state index contributed by atoms with van der Waals surface area (Å²) in [6.45, 7) is 6.05. The highest BCUT2D eigenvalue weighted by Gasteiger charge is 2.10. The van der Waals surface area contributed by atoms with Gasteiger partial charge in [0.15, 0.2) is 0 Å². The highest BCUT2D eigenvalue weighted by atomic mass is 35.5. The molecule has 1 aromatic carbocycles. The molecule has 0 aliphatic carbocycles. The van der Waals surface area contributed by atoms with Gasteiger partial charge in [-0.15, -0.1) is 0 Å². The number of aryl methyl sites for hydroxylation is 1. The first kappa shape index (κ1) is 12.0. The number of nitrogens with one attached hydrogen (secondary N) is 1. The number of H-pyrrole nitrogens is 1. The van der Waals surface area contributed by atoms with Gasteiger partial charge in [0.1, 0.15) is 0 Å². The summed E-state index contributed by atoms with van der Waals surface area (Å²) >= 11 is 6.10. The van der Waals surface area contributed by atoms with E-state index in [1.807, 2.05) is 25.1 Å². The van der Waals surface area contributed by atoms with Gasteiger partial charge in [-0.1, -0.05) is 31.5 Å². The van der Waals surface area contributed by atoms with E-state index in [-0.39, 0.29) is 11.5 Å². The molecule has 0 unspecified atom stereocenters. The summed E-state index contributed by atoms with van der Waals surface area (Å²) < 4.78 is 1.79. The molecular formula is C13H15ClN2O.